The number of hydrogen-bond donors (Lipinski definition) is 1. The summed E-state index contributed by atoms with van der Waals surface area (Å²) < 4.78 is 29.2. The molecule has 0 saturated heterocycles. The van der Waals surface area contributed by atoms with E-state index < -0.39 is 9.84 Å². The van der Waals surface area contributed by atoms with E-state index in [-0.39, 0.29) is 29.0 Å². The van der Waals surface area contributed by atoms with Gasteiger partial charge in [0, 0.05) is 0 Å². The molecule has 8 heteroatoms. The maximum absolute atomic E-state index is 12.2. The van der Waals surface area contributed by atoms with Gasteiger partial charge in [0.2, 0.25) is 11.8 Å². The molecule has 1 N–H and O–H groups in total. The van der Waals surface area contributed by atoms with Gasteiger partial charge in [0.05, 0.1) is 23.5 Å². The molecule has 0 bridgehead atoms. The second-order valence-electron chi connectivity index (χ2n) is 6.87. The molecule has 0 radical (unpaired) electrons. The molecule has 152 valence electrons. The van der Waals surface area contributed by atoms with E-state index in [4.69, 9.17) is 4.42 Å². The van der Waals surface area contributed by atoms with Crippen LogP contribution in [0.15, 0.2) is 51.8 Å². The van der Waals surface area contributed by atoms with Crippen LogP contribution in [-0.2, 0) is 27.5 Å². The topological polar surface area (TPSA) is 102 Å². The fourth-order valence-electron chi connectivity index (χ4n) is 2.79. The van der Waals surface area contributed by atoms with Gasteiger partial charge in [-0.05, 0) is 48.2 Å². The smallest absolute Gasteiger partial charge is 0.322 e. The van der Waals surface area contributed by atoms with Gasteiger partial charge in [0.15, 0.2) is 9.84 Å². The normalized spacial score (nSPS) is 11.4. The van der Waals surface area contributed by atoms with Crippen LogP contribution in [0.2, 0.25) is 0 Å². The molecule has 2 aromatic carbocycles. The Morgan fingerprint density at radius 1 is 1.00 bits per heavy atom. The predicted molar refractivity (Wildman–Crippen MR) is 110 cm³/mol. The number of amides is 1. The first kappa shape index (κ1) is 20.7. The summed E-state index contributed by atoms with van der Waals surface area (Å²) in [6.45, 7) is 5.69. The van der Waals surface area contributed by atoms with E-state index in [2.05, 4.69) is 28.5 Å². The lowest BCUT2D eigenvalue weighted by Gasteiger charge is -2.04. The summed E-state index contributed by atoms with van der Waals surface area (Å²) in [5.41, 5.74) is 4.14. The average Bonchev–Trinajstić information content (AvgIpc) is 3.11. The van der Waals surface area contributed by atoms with Crippen LogP contribution in [-0.4, -0.2) is 30.3 Å². The van der Waals surface area contributed by atoms with Crippen molar-refractivity contribution in [3.8, 4) is 0 Å². The summed E-state index contributed by atoms with van der Waals surface area (Å²) in [7, 11) is -3.25. The zero-order valence-electron chi connectivity index (χ0n) is 16.6. The minimum Gasteiger partial charge on any atom is -0.407 e. The third kappa shape index (κ3) is 5.29. The third-order valence-corrected chi connectivity index (χ3v) is 6.42. The Hall–Kier alpha value is -3.00. The standard InChI is InChI=1S/C21H23N3O4S/c1-4-29(26,27)18-9-7-16(8-10-18)12-19(25)22-21-24-23-20(28-21)13-17-6-5-14(2)15(3)11-17/h5-11H,4,12-13H2,1-3H3,(H,22,24,25). The minimum absolute atomic E-state index is 0.0362. The Morgan fingerprint density at radius 3 is 2.34 bits per heavy atom. The van der Waals surface area contributed by atoms with Gasteiger partial charge in [0.1, 0.15) is 0 Å². The number of carbonyl (C=O) groups excluding carboxylic acids is 1. The summed E-state index contributed by atoms with van der Waals surface area (Å²) >= 11 is 0. The van der Waals surface area contributed by atoms with Crippen LogP contribution in [0.25, 0.3) is 0 Å². The highest BCUT2D eigenvalue weighted by Gasteiger charge is 2.13. The molecule has 0 atom stereocenters. The Balaban J connectivity index is 1.59. The first-order valence-corrected chi connectivity index (χ1v) is 10.9. The van der Waals surface area contributed by atoms with E-state index in [1.807, 2.05) is 19.1 Å². The number of carbonyl (C=O) groups is 1. The lowest BCUT2D eigenvalue weighted by molar-refractivity contribution is -0.115. The molecule has 0 fully saturated rings. The van der Waals surface area contributed by atoms with Crippen LogP contribution in [0.5, 0.6) is 0 Å². The van der Waals surface area contributed by atoms with Gasteiger partial charge in [-0.3, -0.25) is 10.1 Å². The van der Waals surface area contributed by atoms with Crippen molar-refractivity contribution < 1.29 is 17.6 Å². The van der Waals surface area contributed by atoms with Crippen molar-refractivity contribution in [2.45, 2.75) is 38.5 Å². The van der Waals surface area contributed by atoms with Crippen LogP contribution in [0, 0.1) is 13.8 Å². The largest absolute Gasteiger partial charge is 0.407 e. The number of hydrogen-bond acceptors (Lipinski definition) is 6. The molecule has 0 spiro atoms. The second kappa shape index (κ2) is 8.57. The number of anilines is 1. The van der Waals surface area contributed by atoms with Gasteiger partial charge in [0.25, 0.3) is 0 Å². The lowest BCUT2D eigenvalue weighted by Crippen LogP contribution is -2.14. The van der Waals surface area contributed by atoms with Crippen LogP contribution in [0.3, 0.4) is 0 Å². The maximum atomic E-state index is 12.2. The van der Waals surface area contributed by atoms with Crippen molar-refractivity contribution in [2.75, 3.05) is 11.1 Å². The summed E-state index contributed by atoms with van der Waals surface area (Å²) in [5, 5.41) is 10.4. The van der Waals surface area contributed by atoms with Crippen LogP contribution in [0.1, 0.15) is 35.1 Å². The molecule has 3 aromatic rings. The number of rotatable bonds is 7. The molecule has 3 rings (SSSR count). The third-order valence-electron chi connectivity index (χ3n) is 4.67. The number of nitrogens with one attached hydrogen (secondary N) is 1. The van der Waals surface area contributed by atoms with Crippen LogP contribution in [0.4, 0.5) is 6.01 Å². The Bertz CT molecular complexity index is 1120. The van der Waals surface area contributed by atoms with E-state index >= 15 is 0 Å². The quantitative estimate of drug-likeness (QED) is 0.638. The molecule has 0 unspecified atom stereocenters. The second-order valence-corrected chi connectivity index (χ2v) is 9.15. The van der Waals surface area contributed by atoms with E-state index in [1.54, 1.807) is 19.1 Å². The first-order chi connectivity index (χ1) is 13.8. The highest BCUT2D eigenvalue weighted by atomic mass is 32.2. The molecule has 1 heterocycles. The van der Waals surface area contributed by atoms with Crippen molar-refractivity contribution in [3.05, 3.63) is 70.6 Å². The molecular formula is C21H23N3O4S. The van der Waals surface area contributed by atoms with E-state index in [9.17, 15) is 13.2 Å². The van der Waals surface area contributed by atoms with E-state index in [1.165, 1.54) is 23.3 Å². The van der Waals surface area contributed by atoms with E-state index in [0.29, 0.717) is 17.9 Å². The summed E-state index contributed by atoms with van der Waals surface area (Å²) in [6.07, 6.45) is 0.554. The SMILES string of the molecule is CCS(=O)(=O)c1ccc(CC(=O)Nc2nnc(Cc3ccc(C)c(C)c3)o2)cc1. The molecule has 7 nitrogen and oxygen atoms in total. The predicted octanol–water partition coefficient (Wildman–Crippen LogP) is 3.25. The number of aryl methyl sites for hydroxylation is 2. The maximum Gasteiger partial charge on any atom is 0.322 e. The van der Waals surface area contributed by atoms with Crippen molar-refractivity contribution in [1.29, 1.82) is 0 Å². The van der Waals surface area contributed by atoms with Gasteiger partial charge in [-0.1, -0.05) is 42.4 Å². The van der Waals surface area contributed by atoms with Crippen molar-refractivity contribution in [3.63, 3.8) is 0 Å². The van der Waals surface area contributed by atoms with Gasteiger partial charge in [-0.2, -0.15) is 0 Å². The van der Waals surface area contributed by atoms with Gasteiger partial charge in [-0.25, -0.2) is 8.42 Å². The number of benzene rings is 2. The Kier molecular flexibility index (Phi) is 6.12. The lowest BCUT2D eigenvalue weighted by atomic mass is 10.0. The van der Waals surface area contributed by atoms with Crippen molar-refractivity contribution >= 4 is 21.8 Å². The fourth-order valence-corrected chi connectivity index (χ4v) is 3.68. The fraction of sp³-hybridized carbons (Fsp3) is 0.286. The molecule has 1 aromatic heterocycles. The molecule has 1 amide bonds. The van der Waals surface area contributed by atoms with Crippen LogP contribution < -0.4 is 5.32 Å². The van der Waals surface area contributed by atoms with Gasteiger partial charge >= 0.3 is 6.01 Å². The van der Waals surface area contributed by atoms with Gasteiger partial charge in [-0.15, -0.1) is 5.10 Å². The van der Waals surface area contributed by atoms with Crippen molar-refractivity contribution in [1.82, 2.24) is 10.2 Å². The summed E-state index contributed by atoms with van der Waals surface area (Å²) in [5.74, 6) is 0.129. The number of aromatic nitrogens is 2. The molecule has 0 aliphatic heterocycles. The minimum atomic E-state index is -3.25. The number of sulfone groups is 1. The average molecular weight is 413 g/mol. The van der Waals surface area contributed by atoms with Crippen LogP contribution >= 0.6 is 0 Å². The molecular weight excluding hydrogens is 390 g/mol. The zero-order chi connectivity index (χ0) is 21.0. The highest BCUT2D eigenvalue weighted by molar-refractivity contribution is 7.91. The number of nitrogens with zero attached hydrogens (tertiary/aromatic N) is 2. The Morgan fingerprint density at radius 2 is 1.69 bits per heavy atom. The molecule has 0 saturated carbocycles. The highest BCUT2D eigenvalue weighted by Crippen LogP contribution is 2.16. The molecule has 0 aliphatic rings. The monoisotopic (exact) mass is 413 g/mol. The van der Waals surface area contributed by atoms with Gasteiger partial charge < -0.3 is 4.42 Å². The first-order valence-electron chi connectivity index (χ1n) is 9.27. The van der Waals surface area contributed by atoms with E-state index in [0.717, 1.165) is 5.56 Å². The Labute approximate surface area is 170 Å². The zero-order valence-corrected chi connectivity index (χ0v) is 17.4. The van der Waals surface area contributed by atoms with Crippen molar-refractivity contribution in [2.24, 2.45) is 0 Å². The summed E-state index contributed by atoms with van der Waals surface area (Å²) in [4.78, 5) is 12.5. The molecule has 29 heavy (non-hydrogen) atoms. The summed E-state index contributed by atoms with van der Waals surface area (Å²) in [6, 6.07) is 12.4. The molecule has 0 aliphatic carbocycles.